The molecule has 2 heterocycles. The van der Waals surface area contributed by atoms with E-state index in [2.05, 4.69) is 20.0 Å². The van der Waals surface area contributed by atoms with Gasteiger partial charge in [-0.05, 0) is 19.1 Å². The Kier molecular flexibility index (Phi) is 4.12. The summed E-state index contributed by atoms with van der Waals surface area (Å²) in [7, 11) is 0. The van der Waals surface area contributed by atoms with E-state index >= 15 is 0 Å². The molecule has 0 bridgehead atoms. The first-order chi connectivity index (χ1) is 9.84. The molecule has 0 spiro atoms. The molecule has 0 unspecified atom stereocenters. The molecule has 0 aliphatic heterocycles. The van der Waals surface area contributed by atoms with E-state index in [9.17, 15) is 18.0 Å². The van der Waals surface area contributed by atoms with Crippen molar-refractivity contribution in [2.75, 3.05) is 6.61 Å². The molecular formula is C11H8ClF3N4O2. The van der Waals surface area contributed by atoms with Crippen LogP contribution in [0.5, 0.6) is 0 Å². The standard InChI is InChI=1S/C11H8ClF3N4O2/c1-2-21-10(20)8-9(11(13,14)15)17-18-19(8)7-4-3-6(12)5-16-7/h3-5H,2H2,1H3. The second kappa shape index (κ2) is 5.68. The van der Waals surface area contributed by atoms with Gasteiger partial charge in [0.1, 0.15) is 0 Å². The van der Waals surface area contributed by atoms with Gasteiger partial charge in [0.25, 0.3) is 0 Å². The van der Waals surface area contributed by atoms with Gasteiger partial charge in [0.2, 0.25) is 5.69 Å². The van der Waals surface area contributed by atoms with E-state index in [0.717, 1.165) is 0 Å². The molecule has 21 heavy (non-hydrogen) atoms. The quantitative estimate of drug-likeness (QED) is 0.813. The van der Waals surface area contributed by atoms with Crippen molar-refractivity contribution >= 4 is 17.6 Å². The van der Waals surface area contributed by atoms with Gasteiger partial charge in [0.05, 0.1) is 11.6 Å². The van der Waals surface area contributed by atoms with Crippen LogP contribution >= 0.6 is 11.6 Å². The summed E-state index contributed by atoms with van der Waals surface area (Å²) in [6.07, 6.45) is -3.63. The Bertz CT molecular complexity index is 654. The van der Waals surface area contributed by atoms with Gasteiger partial charge in [-0.25, -0.2) is 9.78 Å². The normalized spacial score (nSPS) is 11.5. The van der Waals surface area contributed by atoms with Gasteiger partial charge >= 0.3 is 12.1 Å². The van der Waals surface area contributed by atoms with Gasteiger partial charge < -0.3 is 4.74 Å². The number of rotatable bonds is 3. The molecule has 2 rings (SSSR count). The first kappa shape index (κ1) is 15.2. The Morgan fingerprint density at radius 3 is 2.67 bits per heavy atom. The van der Waals surface area contributed by atoms with E-state index < -0.39 is 23.5 Å². The third-order valence-corrected chi connectivity index (χ3v) is 2.56. The zero-order chi connectivity index (χ0) is 15.6. The topological polar surface area (TPSA) is 69.9 Å². The summed E-state index contributed by atoms with van der Waals surface area (Å²) < 4.78 is 43.9. The lowest BCUT2D eigenvalue weighted by molar-refractivity contribution is -0.141. The minimum absolute atomic E-state index is 0.0366. The van der Waals surface area contributed by atoms with Crippen molar-refractivity contribution in [2.45, 2.75) is 13.1 Å². The average molecular weight is 321 g/mol. The molecular weight excluding hydrogens is 313 g/mol. The summed E-state index contributed by atoms with van der Waals surface area (Å²) in [4.78, 5) is 15.6. The van der Waals surface area contributed by atoms with Crippen LogP contribution in [0.4, 0.5) is 13.2 Å². The maximum atomic E-state index is 12.9. The number of esters is 1. The van der Waals surface area contributed by atoms with Gasteiger partial charge in [-0.2, -0.15) is 17.9 Å². The molecule has 0 aliphatic rings. The summed E-state index contributed by atoms with van der Waals surface area (Å²) in [5.74, 6) is -1.22. The first-order valence-electron chi connectivity index (χ1n) is 5.66. The number of hydrogen-bond donors (Lipinski definition) is 0. The van der Waals surface area contributed by atoms with Gasteiger partial charge in [-0.15, -0.1) is 5.10 Å². The van der Waals surface area contributed by atoms with Crippen molar-refractivity contribution in [3.63, 3.8) is 0 Å². The molecule has 10 heteroatoms. The number of hydrogen-bond acceptors (Lipinski definition) is 5. The van der Waals surface area contributed by atoms with E-state index in [4.69, 9.17) is 11.6 Å². The van der Waals surface area contributed by atoms with E-state index in [-0.39, 0.29) is 17.4 Å². The number of pyridine rings is 1. The Morgan fingerprint density at radius 2 is 2.14 bits per heavy atom. The third-order valence-electron chi connectivity index (χ3n) is 2.34. The fourth-order valence-corrected chi connectivity index (χ4v) is 1.62. The second-order valence-corrected chi connectivity index (χ2v) is 4.19. The molecule has 0 N–H and O–H groups in total. The molecule has 0 saturated heterocycles. The maximum absolute atomic E-state index is 12.9. The van der Waals surface area contributed by atoms with Crippen LogP contribution in [0.1, 0.15) is 23.1 Å². The molecule has 0 aromatic carbocycles. The first-order valence-corrected chi connectivity index (χ1v) is 6.04. The lowest BCUT2D eigenvalue weighted by Gasteiger charge is -2.08. The SMILES string of the molecule is CCOC(=O)c1c(C(F)(F)F)nnn1-c1ccc(Cl)cn1. The fraction of sp³-hybridized carbons (Fsp3) is 0.273. The lowest BCUT2D eigenvalue weighted by Crippen LogP contribution is -2.18. The summed E-state index contributed by atoms with van der Waals surface area (Å²) >= 11 is 5.65. The molecule has 2 aromatic rings. The molecule has 0 atom stereocenters. The lowest BCUT2D eigenvalue weighted by atomic mass is 10.3. The third kappa shape index (κ3) is 3.13. The number of carbonyl (C=O) groups is 1. The van der Waals surface area contributed by atoms with Crippen molar-refractivity contribution in [3.8, 4) is 5.82 Å². The van der Waals surface area contributed by atoms with Gasteiger partial charge in [-0.3, -0.25) is 0 Å². The van der Waals surface area contributed by atoms with Crippen LogP contribution < -0.4 is 0 Å². The van der Waals surface area contributed by atoms with Crippen molar-refractivity contribution in [1.82, 2.24) is 20.0 Å². The number of halogens is 4. The molecule has 0 fully saturated rings. The van der Waals surface area contributed by atoms with E-state index in [1.807, 2.05) is 0 Å². The molecule has 6 nitrogen and oxygen atoms in total. The Hall–Kier alpha value is -2.16. The number of carbonyl (C=O) groups excluding carboxylic acids is 1. The predicted octanol–water partition coefficient (Wildman–Crippen LogP) is 2.51. The molecule has 112 valence electrons. The number of ether oxygens (including phenoxy) is 1. The van der Waals surface area contributed by atoms with E-state index in [1.165, 1.54) is 25.3 Å². The van der Waals surface area contributed by atoms with E-state index in [1.54, 1.807) is 0 Å². The smallest absolute Gasteiger partial charge is 0.437 e. The van der Waals surface area contributed by atoms with Gasteiger partial charge in [-0.1, -0.05) is 16.8 Å². The highest BCUT2D eigenvalue weighted by Crippen LogP contribution is 2.31. The average Bonchev–Trinajstić information content (AvgIpc) is 2.84. The maximum Gasteiger partial charge on any atom is 0.437 e. The zero-order valence-corrected chi connectivity index (χ0v) is 11.3. The highest BCUT2D eigenvalue weighted by Gasteiger charge is 2.42. The van der Waals surface area contributed by atoms with Crippen LogP contribution in [0.2, 0.25) is 5.02 Å². The minimum atomic E-state index is -4.84. The van der Waals surface area contributed by atoms with Crippen LogP contribution in [0.25, 0.3) is 5.82 Å². The van der Waals surface area contributed by atoms with Crippen LogP contribution in [-0.2, 0) is 10.9 Å². The molecule has 0 radical (unpaired) electrons. The summed E-state index contributed by atoms with van der Waals surface area (Å²) in [5.41, 5.74) is -2.27. The molecule has 0 aliphatic carbocycles. The van der Waals surface area contributed by atoms with Crippen LogP contribution in [0.3, 0.4) is 0 Å². The molecule has 0 amide bonds. The highest BCUT2D eigenvalue weighted by atomic mass is 35.5. The summed E-state index contributed by atoms with van der Waals surface area (Å²) in [5, 5.41) is 6.61. The molecule has 2 aromatic heterocycles. The molecule has 0 saturated carbocycles. The van der Waals surface area contributed by atoms with E-state index in [0.29, 0.717) is 4.68 Å². The Labute approximate surface area is 121 Å². The van der Waals surface area contributed by atoms with Gasteiger partial charge in [0, 0.05) is 6.20 Å². The Balaban J connectivity index is 2.58. The summed E-state index contributed by atoms with van der Waals surface area (Å²) in [6, 6.07) is 2.70. The van der Waals surface area contributed by atoms with Crippen molar-refractivity contribution in [3.05, 3.63) is 34.7 Å². The van der Waals surface area contributed by atoms with Crippen LogP contribution in [-0.4, -0.2) is 32.6 Å². The van der Waals surface area contributed by atoms with Gasteiger partial charge in [0.15, 0.2) is 11.5 Å². The van der Waals surface area contributed by atoms with Crippen molar-refractivity contribution in [2.24, 2.45) is 0 Å². The number of aromatic nitrogens is 4. The van der Waals surface area contributed by atoms with Crippen LogP contribution in [0.15, 0.2) is 18.3 Å². The largest absolute Gasteiger partial charge is 0.461 e. The number of nitrogens with zero attached hydrogens (tertiary/aromatic N) is 4. The monoisotopic (exact) mass is 320 g/mol. The van der Waals surface area contributed by atoms with Crippen molar-refractivity contribution < 1.29 is 22.7 Å². The summed E-state index contributed by atoms with van der Waals surface area (Å²) in [6.45, 7) is 1.38. The highest BCUT2D eigenvalue weighted by molar-refractivity contribution is 6.30. The predicted molar refractivity (Wildman–Crippen MR) is 65.1 cm³/mol. The van der Waals surface area contributed by atoms with Crippen LogP contribution in [0, 0.1) is 0 Å². The fourth-order valence-electron chi connectivity index (χ4n) is 1.51. The number of alkyl halides is 3. The zero-order valence-electron chi connectivity index (χ0n) is 10.6. The second-order valence-electron chi connectivity index (χ2n) is 3.75. The Morgan fingerprint density at radius 1 is 1.43 bits per heavy atom. The van der Waals surface area contributed by atoms with Crippen molar-refractivity contribution in [1.29, 1.82) is 0 Å². The minimum Gasteiger partial charge on any atom is -0.461 e.